The third-order valence-corrected chi connectivity index (χ3v) is 7.76. The smallest absolute Gasteiger partial charge is 0.211 e. The molecule has 0 radical (unpaired) electrons. The number of rotatable bonds is 10. The van der Waals surface area contributed by atoms with Crippen LogP contribution in [0, 0.1) is 26.2 Å². The van der Waals surface area contributed by atoms with E-state index in [4.69, 9.17) is 0 Å². The molecule has 0 saturated heterocycles. The average molecular weight is 448 g/mol. The van der Waals surface area contributed by atoms with Crippen LogP contribution in [0.1, 0.15) is 34.2 Å². The van der Waals surface area contributed by atoms with Gasteiger partial charge >= 0.3 is 0 Å². The second-order valence-corrected chi connectivity index (χ2v) is 10.5. The topological polar surface area (TPSA) is 46.2 Å². The lowest BCUT2D eigenvalue weighted by molar-refractivity contribution is 0.345. The number of hydrogen-bond donors (Lipinski definition) is 1. The summed E-state index contributed by atoms with van der Waals surface area (Å²) in [4.78, 5) is 0.296. The molecule has 3 aromatic rings. The molecule has 0 aliphatic heterocycles. The molecule has 1 N–H and O–H groups in total. The highest BCUT2D eigenvalue weighted by Crippen LogP contribution is 2.34. The lowest BCUT2D eigenvalue weighted by Gasteiger charge is -2.32. The zero-order valence-corrected chi connectivity index (χ0v) is 20.1. The van der Waals surface area contributed by atoms with E-state index in [0.717, 1.165) is 18.4 Å². The monoisotopic (exact) mass is 447 g/mol. The van der Waals surface area contributed by atoms with Crippen molar-refractivity contribution in [2.45, 2.75) is 44.9 Å². The zero-order valence-electron chi connectivity index (χ0n) is 19.3. The van der Waals surface area contributed by atoms with Crippen molar-refractivity contribution >= 4 is 10.0 Å². The SMILES string of the molecule is C=CC(CCNS(=O)(=O)c1ccc(C)cc1)(Cc1ccccc1C)Cc1ccccc1C. The van der Waals surface area contributed by atoms with Gasteiger partial charge in [0, 0.05) is 6.54 Å². The number of nitrogens with one attached hydrogen (secondary N) is 1. The summed E-state index contributed by atoms with van der Waals surface area (Å²) >= 11 is 0. The summed E-state index contributed by atoms with van der Waals surface area (Å²) in [7, 11) is -3.55. The van der Waals surface area contributed by atoms with Crippen molar-refractivity contribution in [2.75, 3.05) is 6.54 Å². The van der Waals surface area contributed by atoms with Crippen LogP contribution in [-0.2, 0) is 22.9 Å². The molecule has 32 heavy (non-hydrogen) atoms. The molecule has 0 aliphatic rings. The number of sulfonamides is 1. The second-order valence-electron chi connectivity index (χ2n) is 8.73. The Hall–Kier alpha value is -2.69. The number of hydrogen-bond acceptors (Lipinski definition) is 2. The first-order valence-electron chi connectivity index (χ1n) is 11.0. The van der Waals surface area contributed by atoms with Crippen LogP contribution >= 0.6 is 0 Å². The molecule has 0 amide bonds. The van der Waals surface area contributed by atoms with Crippen LogP contribution in [0.4, 0.5) is 0 Å². The Bertz CT molecular complexity index is 1120. The molecule has 0 aromatic heterocycles. The van der Waals surface area contributed by atoms with E-state index >= 15 is 0 Å². The Kier molecular flexibility index (Phi) is 7.70. The Morgan fingerprint density at radius 2 is 1.31 bits per heavy atom. The first-order valence-corrected chi connectivity index (χ1v) is 12.5. The standard InChI is InChI=1S/C28H33NO2S/c1-5-28(20-25-12-8-6-10-23(25)3,21-26-13-9-7-11-24(26)4)18-19-29-32(30,31)27-16-14-22(2)15-17-27/h5-17,29H,1,18-21H2,2-4H3. The van der Waals surface area contributed by atoms with E-state index in [1.54, 1.807) is 12.1 Å². The molecular formula is C28H33NO2S. The van der Waals surface area contributed by atoms with Crippen LogP contribution < -0.4 is 4.72 Å². The lowest BCUT2D eigenvalue weighted by atomic mass is 9.73. The van der Waals surface area contributed by atoms with E-state index in [2.05, 4.69) is 61.5 Å². The fraction of sp³-hybridized carbons (Fsp3) is 0.286. The molecule has 0 bridgehead atoms. The van der Waals surface area contributed by atoms with Crippen LogP contribution in [0.2, 0.25) is 0 Å². The number of aryl methyl sites for hydroxylation is 3. The van der Waals surface area contributed by atoms with E-state index in [1.807, 2.05) is 37.3 Å². The Morgan fingerprint density at radius 3 is 1.78 bits per heavy atom. The van der Waals surface area contributed by atoms with Gasteiger partial charge in [0.1, 0.15) is 0 Å². The molecule has 3 nitrogen and oxygen atoms in total. The van der Waals surface area contributed by atoms with Gasteiger partial charge in [-0.05, 0) is 79.8 Å². The van der Waals surface area contributed by atoms with E-state index in [9.17, 15) is 8.42 Å². The van der Waals surface area contributed by atoms with Gasteiger partial charge in [0.15, 0.2) is 0 Å². The summed E-state index contributed by atoms with van der Waals surface area (Å²) in [6.45, 7) is 10.7. The minimum Gasteiger partial charge on any atom is -0.211 e. The number of benzene rings is 3. The van der Waals surface area contributed by atoms with Gasteiger partial charge < -0.3 is 0 Å². The van der Waals surface area contributed by atoms with Gasteiger partial charge in [-0.1, -0.05) is 72.3 Å². The highest BCUT2D eigenvalue weighted by molar-refractivity contribution is 7.89. The van der Waals surface area contributed by atoms with E-state index < -0.39 is 10.0 Å². The van der Waals surface area contributed by atoms with Crippen LogP contribution in [-0.4, -0.2) is 15.0 Å². The quantitative estimate of drug-likeness (QED) is 0.391. The van der Waals surface area contributed by atoms with Crippen molar-refractivity contribution < 1.29 is 8.42 Å². The summed E-state index contributed by atoms with van der Waals surface area (Å²) in [6.07, 6.45) is 4.30. The molecule has 0 aliphatic carbocycles. The highest BCUT2D eigenvalue weighted by atomic mass is 32.2. The van der Waals surface area contributed by atoms with Gasteiger partial charge in [-0.15, -0.1) is 6.58 Å². The molecular weight excluding hydrogens is 414 g/mol. The normalized spacial score (nSPS) is 12.0. The Balaban J connectivity index is 1.84. The van der Waals surface area contributed by atoms with Crippen molar-refractivity contribution in [1.29, 1.82) is 0 Å². The first-order chi connectivity index (χ1) is 15.2. The number of allylic oxidation sites excluding steroid dienone is 1. The summed E-state index contributed by atoms with van der Waals surface area (Å²) in [6, 6.07) is 23.7. The molecule has 0 unspecified atom stereocenters. The fourth-order valence-electron chi connectivity index (χ4n) is 4.10. The van der Waals surface area contributed by atoms with E-state index in [-0.39, 0.29) is 5.41 Å². The van der Waals surface area contributed by atoms with Gasteiger partial charge in [0.25, 0.3) is 0 Å². The van der Waals surface area contributed by atoms with Crippen molar-refractivity contribution in [3.05, 3.63) is 113 Å². The molecule has 0 spiro atoms. The lowest BCUT2D eigenvalue weighted by Crippen LogP contribution is -2.32. The summed E-state index contributed by atoms with van der Waals surface area (Å²) in [5, 5.41) is 0. The van der Waals surface area contributed by atoms with Crippen molar-refractivity contribution in [2.24, 2.45) is 5.41 Å². The van der Waals surface area contributed by atoms with Gasteiger partial charge in [0.2, 0.25) is 10.0 Å². The maximum Gasteiger partial charge on any atom is 0.240 e. The Labute approximate surface area is 193 Å². The van der Waals surface area contributed by atoms with Crippen LogP contribution in [0.15, 0.2) is 90.3 Å². The van der Waals surface area contributed by atoms with Crippen molar-refractivity contribution in [3.8, 4) is 0 Å². The van der Waals surface area contributed by atoms with Gasteiger partial charge in [0.05, 0.1) is 4.90 Å². The van der Waals surface area contributed by atoms with Crippen molar-refractivity contribution in [3.63, 3.8) is 0 Å². The highest BCUT2D eigenvalue weighted by Gasteiger charge is 2.29. The zero-order chi connectivity index (χ0) is 23.2. The molecule has 0 heterocycles. The molecule has 0 atom stereocenters. The van der Waals surface area contributed by atoms with Crippen LogP contribution in [0.5, 0.6) is 0 Å². The summed E-state index contributed by atoms with van der Waals surface area (Å²) < 4.78 is 28.4. The molecule has 0 fully saturated rings. The predicted molar refractivity (Wildman–Crippen MR) is 133 cm³/mol. The molecule has 3 rings (SSSR count). The first kappa shape index (κ1) is 24.0. The third-order valence-electron chi connectivity index (χ3n) is 6.29. The molecule has 0 saturated carbocycles. The molecule has 3 aromatic carbocycles. The predicted octanol–water partition coefficient (Wildman–Crippen LogP) is 5.94. The minimum absolute atomic E-state index is 0.270. The Morgan fingerprint density at radius 1 is 0.812 bits per heavy atom. The maximum atomic E-state index is 12.8. The summed E-state index contributed by atoms with van der Waals surface area (Å²) in [5.41, 5.74) is 5.77. The largest absolute Gasteiger partial charge is 0.240 e. The molecule has 4 heteroatoms. The van der Waals surface area contributed by atoms with Gasteiger partial charge in [-0.3, -0.25) is 0 Å². The third kappa shape index (κ3) is 5.96. The fourth-order valence-corrected chi connectivity index (χ4v) is 5.13. The van der Waals surface area contributed by atoms with Gasteiger partial charge in [-0.25, -0.2) is 13.1 Å². The van der Waals surface area contributed by atoms with E-state index in [1.165, 1.54) is 22.3 Å². The van der Waals surface area contributed by atoms with Crippen molar-refractivity contribution in [1.82, 2.24) is 4.72 Å². The van der Waals surface area contributed by atoms with Crippen LogP contribution in [0.25, 0.3) is 0 Å². The van der Waals surface area contributed by atoms with E-state index in [0.29, 0.717) is 17.9 Å². The van der Waals surface area contributed by atoms with Crippen LogP contribution in [0.3, 0.4) is 0 Å². The molecule has 168 valence electrons. The minimum atomic E-state index is -3.55. The maximum absolute atomic E-state index is 12.8. The average Bonchev–Trinajstić information content (AvgIpc) is 2.77. The summed E-state index contributed by atoms with van der Waals surface area (Å²) in [5.74, 6) is 0. The second kappa shape index (κ2) is 10.3. The van der Waals surface area contributed by atoms with Gasteiger partial charge in [-0.2, -0.15) is 0 Å².